The second kappa shape index (κ2) is 7.88. The van der Waals surface area contributed by atoms with Gasteiger partial charge in [-0.25, -0.2) is 4.39 Å². The van der Waals surface area contributed by atoms with Crippen molar-refractivity contribution in [3.8, 4) is 0 Å². The number of carbonyl (C=O) groups is 2. The zero-order chi connectivity index (χ0) is 17.6. The minimum absolute atomic E-state index is 0.0138. The number of benzene rings is 1. The predicted octanol–water partition coefficient (Wildman–Crippen LogP) is 2.18. The van der Waals surface area contributed by atoms with Gasteiger partial charge >= 0.3 is 0 Å². The van der Waals surface area contributed by atoms with Crippen LogP contribution in [0.25, 0.3) is 0 Å². The Labute approximate surface area is 145 Å². The first-order valence-corrected chi connectivity index (χ1v) is 8.36. The lowest BCUT2D eigenvalue weighted by Gasteiger charge is -2.32. The number of aromatic nitrogens is 1. The molecule has 2 aromatic rings. The number of hydrogen-bond donors (Lipinski definition) is 1. The summed E-state index contributed by atoms with van der Waals surface area (Å²) in [6, 6.07) is 11.4. The Morgan fingerprint density at radius 3 is 2.64 bits per heavy atom. The highest BCUT2D eigenvalue weighted by molar-refractivity contribution is 5.92. The lowest BCUT2D eigenvalue weighted by molar-refractivity contribution is -0.131. The van der Waals surface area contributed by atoms with E-state index >= 15 is 0 Å². The Morgan fingerprint density at radius 1 is 1.16 bits per heavy atom. The maximum Gasteiger partial charge on any atom is 0.270 e. The number of amides is 2. The third-order valence-electron chi connectivity index (χ3n) is 4.32. The van der Waals surface area contributed by atoms with Crippen molar-refractivity contribution >= 4 is 11.8 Å². The smallest absolute Gasteiger partial charge is 0.270 e. The molecule has 1 fully saturated rings. The molecule has 25 heavy (non-hydrogen) atoms. The topological polar surface area (TPSA) is 62.3 Å². The quantitative estimate of drug-likeness (QED) is 0.927. The molecule has 1 aromatic heterocycles. The number of carbonyl (C=O) groups excluding carboxylic acids is 2. The molecular formula is C19H20FN3O2. The van der Waals surface area contributed by atoms with Crippen molar-refractivity contribution in [3.63, 3.8) is 0 Å². The van der Waals surface area contributed by atoms with E-state index in [0.717, 1.165) is 0 Å². The molecule has 6 heteroatoms. The molecular weight excluding hydrogens is 321 g/mol. The normalized spacial score (nSPS) is 15.0. The predicted molar refractivity (Wildman–Crippen MR) is 91.4 cm³/mol. The summed E-state index contributed by atoms with van der Waals surface area (Å²) in [6.45, 7) is 1.17. The molecule has 0 unspecified atom stereocenters. The molecule has 0 bridgehead atoms. The number of hydrogen-bond acceptors (Lipinski definition) is 3. The summed E-state index contributed by atoms with van der Waals surface area (Å²) in [7, 11) is 0. The van der Waals surface area contributed by atoms with Crippen LogP contribution >= 0.6 is 0 Å². The number of halogens is 1. The Hall–Kier alpha value is -2.76. The Kier molecular flexibility index (Phi) is 5.38. The largest absolute Gasteiger partial charge is 0.348 e. The fraction of sp³-hybridized carbons (Fsp3) is 0.316. The second-order valence-corrected chi connectivity index (χ2v) is 6.15. The zero-order valence-electron chi connectivity index (χ0n) is 13.8. The van der Waals surface area contributed by atoms with Crippen LogP contribution in [-0.2, 0) is 11.2 Å². The van der Waals surface area contributed by atoms with Gasteiger partial charge in [0.15, 0.2) is 0 Å². The van der Waals surface area contributed by atoms with Crippen LogP contribution in [0, 0.1) is 5.82 Å². The van der Waals surface area contributed by atoms with Crippen LogP contribution in [0.1, 0.15) is 28.9 Å². The molecule has 0 saturated carbocycles. The van der Waals surface area contributed by atoms with Gasteiger partial charge < -0.3 is 10.2 Å². The fourth-order valence-corrected chi connectivity index (χ4v) is 2.96. The van der Waals surface area contributed by atoms with Gasteiger partial charge in [0, 0.05) is 25.3 Å². The molecule has 2 heterocycles. The van der Waals surface area contributed by atoms with Gasteiger partial charge in [-0.05, 0) is 42.7 Å². The molecule has 0 spiro atoms. The number of pyridine rings is 1. The summed E-state index contributed by atoms with van der Waals surface area (Å²) in [5.74, 6) is -0.536. The highest BCUT2D eigenvalue weighted by Crippen LogP contribution is 2.13. The highest BCUT2D eigenvalue weighted by Gasteiger charge is 2.24. The number of rotatable bonds is 4. The van der Waals surface area contributed by atoms with Crippen molar-refractivity contribution in [2.75, 3.05) is 13.1 Å². The molecule has 2 amide bonds. The van der Waals surface area contributed by atoms with Gasteiger partial charge in [0.25, 0.3) is 5.91 Å². The average molecular weight is 341 g/mol. The first kappa shape index (κ1) is 17.1. The van der Waals surface area contributed by atoms with Crippen molar-refractivity contribution in [1.29, 1.82) is 0 Å². The Bertz CT molecular complexity index is 743. The molecule has 0 radical (unpaired) electrons. The lowest BCUT2D eigenvalue weighted by atomic mass is 10.0. The minimum Gasteiger partial charge on any atom is -0.348 e. The van der Waals surface area contributed by atoms with Crippen LogP contribution in [0.3, 0.4) is 0 Å². The van der Waals surface area contributed by atoms with Crippen LogP contribution < -0.4 is 5.32 Å². The second-order valence-electron chi connectivity index (χ2n) is 6.15. The van der Waals surface area contributed by atoms with Gasteiger partial charge in [-0.3, -0.25) is 14.6 Å². The van der Waals surface area contributed by atoms with Gasteiger partial charge in [-0.2, -0.15) is 0 Å². The van der Waals surface area contributed by atoms with Crippen molar-refractivity contribution in [2.45, 2.75) is 25.3 Å². The first-order valence-electron chi connectivity index (χ1n) is 8.36. The van der Waals surface area contributed by atoms with Gasteiger partial charge in [0.2, 0.25) is 5.91 Å². The van der Waals surface area contributed by atoms with E-state index in [1.165, 1.54) is 12.1 Å². The van der Waals surface area contributed by atoms with Crippen molar-refractivity contribution in [2.24, 2.45) is 0 Å². The van der Waals surface area contributed by atoms with Crippen molar-refractivity contribution < 1.29 is 14.0 Å². The highest BCUT2D eigenvalue weighted by atomic mass is 19.1. The average Bonchev–Trinajstić information content (AvgIpc) is 2.63. The summed E-state index contributed by atoms with van der Waals surface area (Å²) in [5, 5.41) is 2.96. The van der Waals surface area contributed by atoms with Crippen LogP contribution in [0.15, 0.2) is 48.7 Å². The van der Waals surface area contributed by atoms with E-state index in [4.69, 9.17) is 0 Å². The van der Waals surface area contributed by atoms with Gasteiger partial charge in [0.05, 0.1) is 6.42 Å². The Balaban J connectivity index is 1.48. The fourth-order valence-electron chi connectivity index (χ4n) is 2.96. The van der Waals surface area contributed by atoms with E-state index in [1.807, 2.05) is 0 Å². The molecule has 130 valence electrons. The number of nitrogens with one attached hydrogen (secondary N) is 1. The Morgan fingerprint density at radius 2 is 1.96 bits per heavy atom. The molecule has 0 atom stereocenters. The van der Waals surface area contributed by atoms with Gasteiger partial charge in [0.1, 0.15) is 11.5 Å². The number of likely N-dealkylation sites (tertiary alicyclic amines) is 1. The summed E-state index contributed by atoms with van der Waals surface area (Å²) in [6.07, 6.45) is 3.19. The van der Waals surface area contributed by atoms with Crippen LogP contribution in [-0.4, -0.2) is 40.8 Å². The summed E-state index contributed by atoms with van der Waals surface area (Å²) >= 11 is 0. The molecule has 1 N–H and O–H groups in total. The molecule has 3 rings (SSSR count). The van der Waals surface area contributed by atoms with Gasteiger partial charge in [-0.15, -0.1) is 0 Å². The first-order chi connectivity index (χ1) is 12.1. The monoisotopic (exact) mass is 341 g/mol. The summed E-state index contributed by atoms with van der Waals surface area (Å²) < 4.78 is 13.2. The lowest BCUT2D eigenvalue weighted by Crippen LogP contribution is -2.47. The summed E-state index contributed by atoms with van der Waals surface area (Å²) in [5.41, 5.74) is 1.07. The summed E-state index contributed by atoms with van der Waals surface area (Å²) in [4.78, 5) is 30.3. The maximum atomic E-state index is 13.2. The van der Waals surface area contributed by atoms with Crippen LogP contribution in [0.5, 0.6) is 0 Å². The van der Waals surface area contributed by atoms with Crippen molar-refractivity contribution in [3.05, 3.63) is 65.7 Å². The standard InChI is InChI=1S/C19H20FN3O2/c20-15-5-3-4-14(12-15)13-18(24)23-10-7-16(8-11-23)22-19(25)17-6-1-2-9-21-17/h1-6,9,12,16H,7-8,10-11,13H2,(H,22,25). The van der Waals surface area contributed by atoms with E-state index in [1.54, 1.807) is 41.4 Å². The molecule has 0 aliphatic carbocycles. The van der Waals surface area contributed by atoms with E-state index in [2.05, 4.69) is 10.3 Å². The SMILES string of the molecule is O=C(NC1CCN(C(=O)Cc2cccc(F)c2)CC1)c1ccccn1. The molecule has 1 aliphatic heterocycles. The van der Waals surface area contributed by atoms with E-state index < -0.39 is 0 Å². The van der Waals surface area contributed by atoms with Crippen LogP contribution in [0.4, 0.5) is 4.39 Å². The molecule has 1 saturated heterocycles. The zero-order valence-corrected chi connectivity index (χ0v) is 13.8. The number of nitrogens with zero attached hydrogens (tertiary/aromatic N) is 2. The third kappa shape index (κ3) is 4.62. The molecule has 5 nitrogen and oxygen atoms in total. The maximum absolute atomic E-state index is 13.2. The van der Waals surface area contributed by atoms with E-state index in [9.17, 15) is 14.0 Å². The van der Waals surface area contributed by atoms with Gasteiger partial charge in [-0.1, -0.05) is 18.2 Å². The minimum atomic E-state index is -0.332. The van der Waals surface area contributed by atoms with E-state index in [0.29, 0.717) is 37.2 Å². The number of piperidine rings is 1. The van der Waals surface area contributed by atoms with Crippen molar-refractivity contribution in [1.82, 2.24) is 15.2 Å². The molecule has 1 aromatic carbocycles. The third-order valence-corrected chi connectivity index (χ3v) is 4.32. The van der Waals surface area contributed by atoms with E-state index in [-0.39, 0.29) is 30.1 Å². The van der Waals surface area contributed by atoms with Crippen LogP contribution in [0.2, 0.25) is 0 Å². The molecule has 1 aliphatic rings.